The molecule has 0 amide bonds. The maximum absolute atomic E-state index is 13.9. The maximum atomic E-state index is 13.9. The summed E-state index contributed by atoms with van der Waals surface area (Å²) in [5, 5.41) is 3.33. The second-order valence-corrected chi connectivity index (χ2v) is 5.31. The molecule has 0 heterocycles. The molecule has 0 saturated heterocycles. The molecule has 0 spiro atoms. The summed E-state index contributed by atoms with van der Waals surface area (Å²) in [5.74, 6) is -0.193. The fraction of sp³-hybridized carbons (Fsp3) is 0.625. The zero-order chi connectivity index (χ0) is 14.3. The molecule has 19 heavy (non-hydrogen) atoms. The van der Waals surface area contributed by atoms with Crippen LogP contribution in [0.3, 0.4) is 0 Å². The van der Waals surface area contributed by atoms with Gasteiger partial charge in [0.25, 0.3) is 0 Å². The molecule has 0 radical (unpaired) electrons. The molecule has 0 bridgehead atoms. The van der Waals surface area contributed by atoms with Gasteiger partial charge in [-0.3, -0.25) is 0 Å². The third kappa shape index (κ3) is 5.70. The molecule has 0 aliphatic heterocycles. The van der Waals surface area contributed by atoms with Gasteiger partial charge in [0.15, 0.2) is 0 Å². The summed E-state index contributed by atoms with van der Waals surface area (Å²) in [6, 6.07) is 7.22. The van der Waals surface area contributed by atoms with Crippen LogP contribution >= 0.6 is 0 Å². The summed E-state index contributed by atoms with van der Waals surface area (Å²) in [5.41, 5.74) is 0.638. The van der Waals surface area contributed by atoms with Crippen molar-refractivity contribution in [2.75, 3.05) is 6.54 Å². The highest BCUT2D eigenvalue weighted by Gasteiger charge is 2.18. The van der Waals surface area contributed by atoms with Crippen LogP contribution in [0.5, 0.6) is 0 Å². The average molecular weight is 267 g/mol. The molecule has 1 rings (SSSR count). The van der Waals surface area contributed by atoms with Crippen molar-refractivity contribution >= 4 is 0 Å². The monoisotopic (exact) mass is 267 g/mol. The van der Waals surface area contributed by atoms with Crippen molar-refractivity contribution in [3.05, 3.63) is 35.6 Å². The largest absolute Gasteiger partial charge is 0.369 e. The van der Waals surface area contributed by atoms with E-state index < -0.39 is 0 Å². The Kier molecular flexibility index (Phi) is 7.03. The van der Waals surface area contributed by atoms with E-state index in [4.69, 9.17) is 4.74 Å². The minimum atomic E-state index is -0.231. The van der Waals surface area contributed by atoms with Crippen LogP contribution in [0.25, 0.3) is 0 Å². The Bertz CT molecular complexity index is 368. The highest BCUT2D eigenvalue weighted by atomic mass is 19.1. The second-order valence-electron chi connectivity index (χ2n) is 5.31. The van der Waals surface area contributed by atoms with E-state index in [9.17, 15) is 4.39 Å². The molecule has 2 unspecified atom stereocenters. The molecule has 1 N–H and O–H groups in total. The lowest BCUT2D eigenvalue weighted by molar-refractivity contribution is -0.00976. The van der Waals surface area contributed by atoms with Gasteiger partial charge in [-0.1, -0.05) is 45.4 Å². The Hall–Kier alpha value is -0.930. The number of ether oxygens (including phenoxy) is 1. The van der Waals surface area contributed by atoms with Gasteiger partial charge in [-0.15, -0.1) is 0 Å². The van der Waals surface area contributed by atoms with Crippen molar-refractivity contribution in [2.24, 2.45) is 0 Å². The zero-order valence-electron chi connectivity index (χ0n) is 12.4. The topological polar surface area (TPSA) is 21.3 Å². The third-order valence-electron chi connectivity index (χ3n) is 3.06. The zero-order valence-corrected chi connectivity index (χ0v) is 12.4. The Labute approximate surface area is 116 Å². The first-order chi connectivity index (χ1) is 9.04. The molecule has 1 aromatic rings. The van der Waals surface area contributed by atoms with Crippen LogP contribution in [-0.4, -0.2) is 18.7 Å². The summed E-state index contributed by atoms with van der Waals surface area (Å²) in [7, 11) is 0. The predicted molar refractivity (Wildman–Crippen MR) is 77.7 cm³/mol. The number of rotatable bonds is 8. The fourth-order valence-corrected chi connectivity index (χ4v) is 2.07. The number of hydrogen-bond donors (Lipinski definition) is 1. The summed E-state index contributed by atoms with van der Waals surface area (Å²) in [4.78, 5) is 0. The molecular weight excluding hydrogens is 241 g/mol. The van der Waals surface area contributed by atoms with Crippen molar-refractivity contribution in [3.8, 4) is 0 Å². The van der Waals surface area contributed by atoms with Crippen LogP contribution < -0.4 is 5.32 Å². The smallest absolute Gasteiger partial charge is 0.129 e. The standard InChI is InChI=1S/C16H26FNO/c1-5-8-13(4)19-16(11-18-12(2)3)14-9-6-7-10-15(14)17/h6-7,9-10,12-13,16,18H,5,8,11H2,1-4H3. The van der Waals surface area contributed by atoms with E-state index in [1.165, 1.54) is 6.07 Å². The maximum Gasteiger partial charge on any atom is 0.129 e. The van der Waals surface area contributed by atoms with Crippen molar-refractivity contribution < 1.29 is 9.13 Å². The first-order valence-electron chi connectivity index (χ1n) is 7.17. The van der Waals surface area contributed by atoms with Crippen LogP contribution in [0.1, 0.15) is 52.2 Å². The average Bonchev–Trinajstić information content (AvgIpc) is 2.35. The molecule has 2 nitrogen and oxygen atoms in total. The van der Waals surface area contributed by atoms with Gasteiger partial charge in [-0.05, 0) is 19.4 Å². The van der Waals surface area contributed by atoms with Gasteiger partial charge >= 0.3 is 0 Å². The first kappa shape index (κ1) is 16.1. The van der Waals surface area contributed by atoms with Crippen molar-refractivity contribution in [3.63, 3.8) is 0 Å². The number of halogens is 1. The summed E-state index contributed by atoms with van der Waals surface area (Å²) in [6.07, 6.45) is 1.98. The Morgan fingerprint density at radius 2 is 1.89 bits per heavy atom. The third-order valence-corrected chi connectivity index (χ3v) is 3.06. The van der Waals surface area contributed by atoms with Crippen LogP contribution in [0, 0.1) is 5.82 Å². The predicted octanol–water partition coefficient (Wildman–Crippen LogP) is 4.07. The minimum absolute atomic E-state index is 0.142. The van der Waals surface area contributed by atoms with Gasteiger partial charge in [0.1, 0.15) is 5.82 Å². The normalized spacial score (nSPS) is 14.6. The van der Waals surface area contributed by atoms with Gasteiger partial charge < -0.3 is 10.1 Å². The van der Waals surface area contributed by atoms with Gasteiger partial charge in [0.2, 0.25) is 0 Å². The molecule has 3 heteroatoms. The molecule has 0 aliphatic rings. The minimum Gasteiger partial charge on any atom is -0.369 e. The van der Waals surface area contributed by atoms with Gasteiger partial charge in [0.05, 0.1) is 12.2 Å². The summed E-state index contributed by atoms with van der Waals surface area (Å²) in [6.45, 7) is 8.96. The number of benzene rings is 1. The Balaban J connectivity index is 2.76. The van der Waals surface area contributed by atoms with Crippen LogP contribution in [0.4, 0.5) is 4.39 Å². The van der Waals surface area contributed by atoms with Crippen LogP contribution in [-0.2, 0) is 4.74 Å². The summed E-state index contributed by atoms with van der Waals surface area (Å²) >= 11 is 0. The van der Waals surface area contributed by atoms with E-state index in [0.29, 0.717) is 18.2 Å². The molecule has 0 aromatic heterocycles. The lowest BCUT2D eigenvalue weighted by Gasteiger charge is -2.24. The highest BCUT2D eigenvalue weighted by Crippen LogP contribution is 2.22. The van der Waals surface area contributed by atoms with Gasteiger partial charge in [-0.25, -0.2) is 4.39 Å². The van der Waals surface area contributed by atoms with Gasteiger partial charge in [0, 0.05) is 18.2 Å². The van der Waals surface area contributed by atoms with Crippen LogP contribution in [0.15, 0.2) is 24.3 Å². The second kappa shape index (κ2) is 8.28. The molecule has 0 aliphatic carbocycles. The molecule has 2 atom stereocenters. The highest BCUT2D eigenvalue weighted by molar-refractivity contribution is 5.20. The molecule has 108 valence electrons. The van der Waals surface area contributed by atoms with E-state index in [1.54, 1.807) is 12.1 Å². The Morgan fingerprint density at radius 1 is 1.21 bits per heavy atom. The van der Waals surface area contributed by atoms with E-state index >= 15 is 0 Å². The van der Waals surface area contributed by atoms with Gasteiger partial charge in [-0.2, -0.15) is 0 Å². The van der Waals surface area contributed by atoms with E-state index in [0.717, 1.165) is 12.8 Å². The molecule has 0 saturated carbocycles. The van der Waals surface area contributed by atoms with Crippen molar-refractivity contribution in [2.45, 2.75) is 58.8 Å². The molecule has 1 aromatic carbocycles. The lowest BCUT2D eigenvalue weighted by Crippen LogP contribution is -2.31. The summed E-state index contributed by atoms with van der Waals surface area (Å²) < 4.78 is 19.9. The van der Waals surface area contributed by atoms with E-state index in [-0.39, 0.29) is 18.0 Å². The first-order valence-corrected chi connectivity index (χ1v) is 7.17. The fourth-order valence-electron chi connectivity index (χ4n) is 2.07. The Morgan fingerprint density at radius 3 is 2.47 bits per heavy atom. The SMILES string of the molecule is CCCC(C)OC(CNC(C)C)c1ccccc1F. The number of hydrogen-bond acceptors (Lipinski definition) is 2. The molecular formula is C16H26FNO. The lowest BCUT2D eigenvalue weighted by atomic mass is 10.1. The van der Waals surface area contributed by atoms with Crippen molar-refractivity contribution in [1.29, 1.82) is 0 Å². The van der Waals surface area contributed by atoms with Crippen molar-refractivity contribution in [1.82, 2.24) is 5.32 Å². The van der Waals surface area contributed by atoms with E-state index in [1.807, 2.05) is 13.0 Å². The number of nitrogens with one attached hydrogen (secondary N) is 1. The quantitative estimate of drug-likeness (QED) is 0.766. The molecule has 0 fully saturated rings. The van der Waals surface area contributed by atoms with Crippen LogP contribution in [0.2, 0.25) is 0 Å². The van der Waals surface area contributed by atoms with E-state index in [2.05, 4.69) is 26.1 Å².